The third-order valence-corrected chi connectivity index (χ3v) is 6.44. The Morgan fingerprint density at radius 1 is 1.12 bits per heavy atom. The summed E-state index contributed by atoms with van der Waals surface area (Å²) in [6.07, 6.45) is 5.55. The van der Waals surface area contributed by atoms with Gasteiger partial charge in [0.1, 0.15) is 0 Å². The molecule has 0 radical (unpaired) electrons. The van der Waals surface area contributed by atoms with Gasteiger partial charge >= 0.3 is 0 Å². The molecule has 2 saturated heterocycles. The van der Waals surface area contributed by atoms with Gasteiger partial charge in [-0.15, -0.1) is 0 Å². The zero-order valence-corrected chi connectivity index (χ0v) is 15.1. The summed E-state index contributed by atoms with van der Waals surface area (Å²) in [6.45, 7) is 5.88. The normalized spacial score (nSPS) is 28.2. The summed E-state index contributed by atoms with van der Waals surface area (Å²) in [7, 11) is 0. The fourth-order valence-corrected chi connectivity index (χ4v) is 4.93. The Morgan fingerprint density at radius 2 is 1.80 bits per heavy atom. The van der Waals surface area contributed by atoms with Gasteiger partial charge in [0.15, 0.2) is 0 Å². The van der Waals surface area contributed by atoms with E-state index in [1.165, 1.54) is 44.6 Å². The smallest absolute Gasteiger partial charge is 0.223 e. The summed E-state index contributed by atoms with van der Waals surface area (Å²) in [5.74, 6) is 2.18. The van der Waals surface area contributed by atoms with Crippen molar-refractivity contribution in [1.82, 2.24) is 15.5 Å². The van der Waals surface area contributed by atoms with Gasteiger partial charge in [0.25, 0.3) is 0 Å². The van der Waals surface area contributed by atoms with Gasteiger partial charge in [0, 0.05) is 25.6 Å². The second-order valence-corrected chi connectivity index (χ2v) is 8.18. The summed E-state index contributed by atoms with van der Waals surface area (Å²) in [4.78, 5) is 15.3. The third-order valence-electron chi connectivity index (χ3n) is 6.44. The lowest BCUT2D eigenvalue weighted by Gasteiger charge is -2.24. The van der Waals surface area contributed by atoms with Crippen LogP contribution in [-0.4, -0.2) is 43.5 Å². The predicted molar refractivity (Wildman–Crippen MR) is 100 cm³/mol. The molecule has 2 N–H and O–H groups in total. The number of nitrogens with one attached hydrogen (secondary N) is 2. The molecule has 0 bridgehead atoms. The number of rotatable bonds is 6. The zero-order valence-electron chi connectivity index (χ0n) is 15.1. The van der Waals surface area contributed by atoms with Crippen molar-refractivity contribution in [2.24, 2.45) is 17.8 Å². The standard InChI is InChI=1S/C21H31N3O/c25-21(17-8-4-5-9-17)23-20(16-6-2-1-3-7-16)10-11-24-14-18-12-22-13-19(18)15-24/h1-3,6-7,17-20,22H,4-5,8-15H2,(H,23,25)/t18?,19?,20-/m0/s1. The van der Waals surface area contributed by atoms with E-state index >= 15 is 0 Å². The number of hydrogen-bond donors (Lipinski definition) is 2. The van der Waals surface area contributed by atoms with Crippen molar-refractivity contribution in [2.75, 3.05) is 32.7 Å². The second kappa shape index (κ2) is 7.88. The molecule has 0 aromatic heterocycles. The molecule has 25 heavy (non-hydrogen) atoms. The van der Waals surface area contributed by atoms with Crippen LogP contribution in [0.5, 0.6) is 0 Å². The first-order chi connectivity index (χ1) is 12.3. The van der Waals surface area contributed by atoms with E-state index in [-0.39, 0.29) is 17.9 Å². The summed E-state index contributed by atoms with van der Waals surface area (Å²) in [5.41, 5.74) is 1.25. The van der Waals surface area contributed by atoms with Gasteiger partial charge < -0.3 is 15.5 Å². The van der Waals surface area contributed by atoms with E-state index in [9.17, 15) is 4.79 Å². The van der Waals surface area contributed by atoms with E-state index in [2.05, 4.69) is 39.8 Å². The molecule has 136 valence electrons. The zero-order chi connectivity index (χ0) is 17.1. The molecule has 1 aromatic carbocycles. The summed E-state index contributed by atoms with van der Waals surface area (Å²) < 4.78 is 0. The largest absolute Gasteiger partial charge is 0.349 e. The Labute approximate surface area is 151 Å². The molecule has 1 aliphatic carbocycles. The topological polar surface area (TPSA) is 44.4 Å². The predicted octanol–water partition coefficient (Wildman–Crippen LogP) is 2.58. The number of carbonyl (C=O) groups is 1. The van der Waals surface area contributed by atoms with Gasteiger partial charge in [-0.3, -0.25) is 4.79 Å². The molecule has 1 aromatic rings. The van der Waals surface area contributed by atoms with E-state index in [0.29, 0.717) is 0 Å². The molecule has 1 saturated carbocycles. The molecule has 2 unspecified atom stereocenters. The van der Waals surface area contributed by atoms with Gasteiger partial charge in [-0.2, -0.15) is 0 Å². The number of fused-ring (bicyclic) bond motifs is 1. The van der Waals surface area contributed by atoms with Crippen molar-refractivity contribution < 1.29 is 4.79 Å². The van der Waals surface area contributed by atoms with Gasteiger partial charge in [-0.1, -0.05) is 43.2 Å². The van der Waals surface area contributed by atoms with Crippen LogP contribution in [0, 0.1) is 17.8 Å². The highest BCUT2D eigenvalue weighted by atomic mass is 16.1. The average molecular weight is 341 g/mol. The number of hydrogen-bond acceptors (Lipinski definition) is 3. The van der Waals surface area contributed by atoms with Crippen LogP contribution >= 0.6 is 0 Å². The van der Waals surface area contributed by atoms with Gasteiger partial charge in [-0.25, -0.2) is 0 Å². The first kappa shape index (κ1) is 17.0. The maximum absolute atomic E-state index is 12.7. The quantitative estimate of drug-likeness (QED) is 0.836. The molecular formula is C21H31N3O. The van der Waals surface area contributed by atoms with Crippen LogP contribution in [0.2, 0.25) is 0 Å². The lowest BCUT2D eigenvalue weighted by atomic mass is 10.0. The van der Waals surface area contributed by atoms with Gasteiger partial charge in [0.05, 0.1) is 6.04 Å². The third kappa shape index (κ3) is 4.06. The highest BCUT2D eigenvalue weighted by Gasteiger charge is 2.36. The summed E-state index contributed by atoms with van der Waals surface area (Å²) in [5, 5.41) is 6.88. The molecular weight excluding hydrogens is 310 g/mol. The van der Waals surface area contributed by atoms with Crippen LogP contribution in [0.25, 0.3) is 0 Å². The van der Waals surface area contributed by atoms with Crippen LogP contribution < -0.4 is 10.6 Å². The Bertz CT molecular complexity index is 558. The minimum absolute atomic E-state index is 0.146. The lowest BCUT2D eigenvalue weighted by Crippen LogP contribution is -2.35. The van der Waals surface area contributed by atoms with Crippen molar-refractivity contribution in [1.29, 1.82) is 0 Å². The monoisotopic (exact) mass is 341 g/mol. The number of benzene rings is 1. The Hall–Kier alpha value is -1.39. The molecule has 3 aliphatic rings. The second-order valence-electron chi connectivity index (χ2n) is 8.18. The highest BCUT2D eigenvalue weighted by molar-refractivity contribution is 5.79. The minimum Gasteiger partial charge on any atom is -0.349 e. The van der Waals surface area contributed by atoms with E-state index in [1.54, 1.807) is 0 Å². The summed E-state index contributed by atoms with van der Waals surface area (Å²) >= 11 is 0. The van der Waals surface area contributed by atoms with E-state index in [0.717, 1.165) is 37.6 Å². The fourth-order valence-electron chi connectivity index (χ4n) is 4.93. The Balaban J connectivity index is 1.36. The van der Waals surface area contributed by atoms with Crippen LogP contribution in [0.3, 0.4) is 0 Å². The van der Waals surface area contributed by atoms with Crippen LogP contribution in [0.15, 0.2) is 30.3 Å². The van der Waals surface area contributed by atoms with E-state index in [4.69, 9.17) is 0 Å². The van der Waals surface area contributed by atoms with Gasteiger partial charge in [-0.05, 0) is 49.8 Å². The molecule has 4 heteroatoms. The number of likely N-dealkylation sites (tertiary alicyclic amines) is 1. The maximum atomic E-state index is 12.7. The number of amides is 1. The van der Waals surface area contributed by atoms with Crippen molar-refractivity contribution >= 4 is 5.91 Å². The Kier molecular flexibility index (Phi) is 5.37. The first-order valence-electron chi connectivity index (χ1n) is 10.1. The maximum Gasteiger partial charge on any atom is 0.223 e. The minimum atomic E-state index is 0.146. The molecule has 0 spiro atoms. The van der Waals surface area contributed by atoms with Crippen molar-refractivity contribution in [2.45, 2.75) is 38.1 Å². The van der Waals surface area contributed by atoms with Crippen molar-refractivity contribution in [3.05, 3.63) is 35.9 Å². The van der Waals surface area contributed by atoms with E-state index in [1.807, 2.05) is 6.07 Å². The fraction of sp³-hybridized carbons (Fsp3) is 0.667. The van der Waals surface area contributed by atoms with Crippen LogP contribution in [0.1, 0.15) is 43.7 Å². The SMILES string of the molecule is O=C(N[C@@H](CCN1CC2CNCC2C1)c1ccccc1)C1CCCC1. The average Bonchev–Trinajstić information content (AvgIpc) is 3.35. The number of carbonyl (C=O) groups excluding carboxylic acids is 1. The molecule has 2 heterocycles. The molecule has 3 fully saturated rings. The molecule has 4 nitrogen and oxygen atoms in total. The summed E-state index contributed by atoms with van der Waals surface area (Å²) in [6, 6.07) is 10.7. The first-order valence-corrected chi connectivity index (χ1v) is 10.1. The van der Waals surface area contributed by atoms with Crippen molar-refractivity contribution in [3.63, 3.8) is 0 Å². The highest BCUT2D eigenvalue weighted by Crippen LogP contribution is 2.29. The molecule has 4 rings (SSSR count). The molecule has 3 atom stereocenters. The molecule has 1 amide bonds. The van der Waals surface area contributed by atoms with Crippen molar-refractivity contribution in [3.8, 4) is 0 Å². The van der Waals surface area contributed by atoms with E-state index < -0.39 is 0 Å². The van der Waals surface area contributed by atoms with Crippen LogP contribution in [-0.2, 0) is 4.79 Å². The van der Waals surface area contributed by atoms with Gasteiger partial charge in [0.2, 0.25) is 5.91 Å². The van der Waals surface area contributed by atoms with Crippen LogP contribution in [0.4, 0.5) is 0 Å². The molecule has 2 aliphatic heterocycles. The Morgan fingerprint density at radius 3 is 2.48 bits per heavy atom. The lowest BCUT2D eigenvalue weighted by molar-refractivity contribution is -0.125. The number of nitrogens with zero attached hydrogens (tertiary/aromatic N) is 1.